The Hall–Kier alpha value is -3.71. The van der Waals surface area contributed by atoms with E-state index in [1.165, 1.54) is 10.7 Å². The van der Waals surface area contributed by atoms with Crippen LogP contribution in [0, 0.1) is 6.92 Å². The molecule has 0 radical (unpaired) electrons. The van der Waals surface area contributed by atoms with E-state index in [0.717, 1.165) is 39.3 Å². The summed E-state index contributed by atoms with van der Waals surface area (Å²) in [5, 5.41) is 9.44. The van der Waals surface area contributed by atoms with Crippen LogP contribution in [0.5, 0.6) is 0 Å². The molecule has 6 nitrogen and oxygen atoms in total. The topological polar surface area (TPSA) is 67.6 Å². The Labute approximate surface area is 193 Å². The second-order valence-electron chi connectivity index (χ2n) is 8.25. The first-order valence-corrected chi connectivity index (χ1v) is 12.6. The molecule has 1 aromatic heterocycles. The highest BCUT2D eigenvalue weighted by Gasteiger charge is 2.37. The molecule has 166 valence electrons. The number of nitrogens with zero attached hydrogens (tertiary/aromatic N) is 4. The van der Waals surface area contributed by atoms with Gasteiger partial charge in [0.05, 0.1) is 29.4 Å². The van der Waals surface area contributed by atoms with Gasteiger partial charge < -0.3 is 0 Å². The molecular weight excluding hydrogens is 432 g/mol. The summed E-state index contributed by atoms with van der Waals surface area (Å²) in [4.78, 5) is 0. The summed E-state index contributed by atoms with van der Waals surface area (Å²) in [5.74, 6) is 0. The molecule has 0 fully saturated rings. The average molecular weight is 457 g/mol. The third kappa shape index (κ3) is 4.19. The Bertz CT molecular complexity index is 1430. The highest BCUT2D eigenvalue weighted by Crippen LogP contribution is 2.39. The molecule has 1 aliphatic rings. The van der Waals surface area contributed by atoms with Gasteiger partial charge in [0, 0.05) is 23.7 Å². The van der Waals surface area contributed by atoms with Crippen molar-refractivity contribution in [3.05, 3.63) is 108 Å². The lowest BCUT2D eigenvalue weighted by molar-refractivity contribution is 0.375. The van der Waals surface area contributed by atoms with Crippen LogP contribution < -0.4 is 0 Å². The van der Waals surface area contributed by atoms with Crippen LogP contribution in [0.4, 0.5) is 0 Å². The van der Waals surface area contributed by atoms with Crippen LogP contribution in [0.25, 0.3) is 16.9 Å². The first-order chi connectivity index (χ1) is 15.9. The van der Waals surface area contributed by atoms with Crippen LogP contribution in [-0.2, 0) is 10.0 Å². The van der Waals surface area contributed by atoms with Crippen molar-refractivity contribution in [3.8, 4) is 16.9 Å². The van der Waals surface area contributed by atoms with Gasteiger partial charge in [-0.3, -0.25) is 0 Å². The van der Waals surface area contributed by atoms with E-state index in [0.29, 0.717) is 6.42 Å². The standard InChI is InChI=1S/C26H24N4O2S/c1-19-10-9-13-21(16-19)24-17-25(30(27-24)33(2,31)32)23-18-29(22-14-7-4-8-15-22)28-26(23)20-11-5-3-6-12-20/h3-16,18,25H,17H2,1-2H3/t25-/m1/s1. The van der Waals surface area contributed by atoms with E-state index in [1.807, 2.05) is 103 Å². The lowest BCUT2D eigenvalue weighted by Gasteiger charge is -2.21. The van der Waals surface area contributed by atoms with Crippen molar-refractivity contribution in [2.45, 2.75) is 19.4 Å². The molecule has 0 unspecified atom stereocenters. The number of hydrogen-bond acceptors (Lipinski definition) is 4. The van der Waals surface area contributed by atoms with Crippen LogP contribution in [0.1, 0.15) is 29.2 Å². The zero-order chi connectivity index (χ0) is 23.0. The summed E-state index contributed by atoms with van der Waals surface area (Å²) in [6.45, 7) is 2.02. The molecule has 0 spiro atoms. The van der Waals surface area contributed by atoms with Gasteiger partial charge in [0.2, 0.25) is 10.0 Å². The summed E-state index contributed by atoms with van der Waals surface area (Å²) in [6, 6.07) is 27.2. The van der Waals surface area contributed by atoms with Gasteiger partial charge in [-0.05, 0) is 24.6 Å². The smallest absolute Gasteiger partial charge is 0.240 e. The molecule has 0 amide bonds. The predicted octanol–water partition coefficient (Wildman–Crippen LogP) is 4.96. The number of sulfonamides is 1. The Morgan fingerprint density at radius 3 is 2.21 bits per heavy atom. The van der Waals surface area contributed by atoms with Crippen molar-refractivity contribution >= 4 is 15.7 Å². The van der Waals surface area contributed by atoms with Crippen molar-refractivity contribution in [1.29, 1.82) is 0 Å². The molecule has 0 saturated heterocycles. The molecule has 2 heterocycles. The average Bonchev–Trinajstić information content (AvgIpc) is 3.45. The summed E-state index contributed by atoms with van der Waals surface area (Å²) < 4.78 is 28.6. The Morgan fingerprint density at radius 2 is 1.55 bits per heavy atom. The number of hydrogen-bond donors (Lipinski definition) is 0. The fraction of sp³-hybridized carbons (Fsp3) is 0.154. The predicted molar refractivity (Wildman–Crippen MR) is 131 cm³/mol. The van der Waals surface area contributed by atoms with E-state index >= 15 is 0 Å². The zero-order valence-corrected chi connectivity index (χ0v) is 19.3. The minimum atomic E-state index is -3.60. The number of aryl methyl sites for hydroxylation is 1. The van der Waals surface area contributed by atoms with Crippen molar-refractivity contribution in [2.24, 2.45) is 5.10 Å². The number of benzene rings is 3. The molecule has 1 atom stereocenters. The summed E-state index contributed by atoms with van der Waals surface area (Å²) in [5.41, 5.74) is 6.19. The molecule has 4 aromatic rings. The van der Waals surface area contributed by atoms with Gasteiger partial charge in [-0.25, -0.2) is 13.1 Å². The first-order valence-electron chi connectivity index (χ1n) is 10.7. The lowest BCUT2D eigenvalue weighted by atomic mass is 9.96. The molecule has 3 aromatic carbocycles. The number of rotatable bonds is 5. The maximum Gasteiger partial charge on any atom is 0.247 e. The number of aromatic nitrogens is 2. The molecule has 7 heteroatoms. The van der Waals surface area contributed by atoms with E-state index in [9.17, 15) is 8.42 Å². The SMILES string of the molecule is Cc1cccc(C2=NN(S(C)(=O)=O)[C@@H](c3cn(-c4ccccc4)nc3-c3ccccc3)C2)c1. The van der Waals surface area contributed by atoms with E-state index < -0.39 is 16.1 Å². The normalized spacial score (nSPS) is 16.1. The fourth-order valence-corrected chi connectivity index (χ4v) is 5.09. The quantitative estimate of drug-likeness (QED) is 0.426. The Kier molecular flexibility index (Phi) is 5.34. The van der Waals surface area contributed by atoms with Crippen molar-refractivity contribution < 1.29 is 8.42 Å². The summed E-state index contributed by atoms with van der Waals surface area (Å²) >= 11 is 0. The number of hydrazone groups is 1. The molecule has 0 aliphatic carbocycles. The summed E-state index contributed by atoms with van der Waals surface area (Å²) in [6.07, 6.45) is 3.60. The second kappa shape index (κ2) is 8.33. The highest BCUT2D eigenvalue weighted by atomic mass is 32.2. The minimum absolute atomic E-state index is 0.469. The van der Waals surface area contributed by atoms with Gasteiger partial charge in [-0.2, -0.15) is 14.6 Å². The largest absolute Gasteiger partial charge is 0.247 e. The van der Waals surface area contributed by atoms with Crippen LogP contribution in [0.2, 0.25) is 0 Å². The van der Waals surface area contributed by atoms with E-state index in [2.05, 4.69) is 5.10 Å². The minimum Gasteiger partial charge on any atom is -0.240 e. The first kappa shape index (κ1) is 21.2. The van der Waals surface area contributed by atoms with Crippen LogP contribution in [-0.4, -0.2) is 34.6 Å². The fourth-order valence-electron chi connectivity index (χ4n) is 4.19. The molecule has 5 rings (SSSR count). The molecule has 0 saturated carbocycles. The Balaban J connectivity index is 1.65. The third-order valence-corrected chi connectivity index (χ3v) is 6.75. The molecule has 1 aliphatic heterocycles. The van der Waals surface area contributed by atoms with E-state index in [1.54, 1.807) is 0 Å². The lowest BCUT2D eigenvalue weighted by Crippen LogP contribution is -2.26. The highest BCUT2D eigenvalue weighted by molar-refractivity contribution is 7.88. The molecular formula is C26H24N4O2S. The third-order valence-electron chi connectivity index (χ3n) is 5.73. The maximum atomic E-state index is 12.8. The number of para-hydroxylation sites is 1. The monoisotopic (exact) mass is 456 g/mol. The molecule has 0 bridgehead atoms. The van der Waals surface area contributed by atoms with Crippen molar-refractivity contribution in [1.82, 2.24) is 14.2 Å². The zero-order valence-electron chi connectivity index (χ0n) is 18.5. The molecule has 33 heavy (non-hydrogen) atoms. The van der Waals surface area contributed by atoms with E-state index in [4.69, 9.17) is 5.10 Å². The maximum absolute atomic E-state index is 12.8. The van der Waals surface area contributed by atoms with Gasteiger partial charge in [-0.1, -0.05) is 78.4 Å². The second-order valence-corrected chi connectivity index (χ2v) is 10.1. The van der Waals surface area contributed by atoms with Crippen LogP contribution >= 0.6 is 0 Å². The summed E-state index contributed by atoms with van der Waals surface area (Å²) in [7, 11) is -3.60. The van der Waals surface area contributed by atoms with Crippen molar-refractivity contribution in [3.63, 3.8) is 0 Å². The van der Waals surface area contributed by atoms with E-state index in [-0.39, 0.29) is 0 Å². The van der Waals surface area contributed by atoms with Gasteiger partial charge in [0.1, 0.15) is 0 Å². The molecule has 0 N–H and O–H groups in total. The van der Waals surface area contributed by atoms with Gasteiger partial charge in [0.15, 0.2) is 0 Å². The van der Waals surface area contributed by atoms with Gasteiger partial charge in [0.25, 0.3) is 0 Å². The van der Waals surface area contributed by atoms with Gasteiger partial charge >= 0.3 is 0 Å². The van der Waals surface area contributed by atoms with Crippen LogP contribution in [0.3, 0.4) is 0 Å². The van der Waals surface area contributed by atoms with Gasteiger partial charge in [-0.15, -0.1) is 0 Å². The van der Waals surface area contributed by atoms with Crippen molar-refractivity contribution in [2.75, 3.05) is 6.26 Å². The van der Waals surface area contributed by atoms with Crippen LogP contribution in [0.15, 0.2) is 96.2 Å². The Morgan fingerprint density at radius 1 is 0.879 bits per heavy atom.